The normalized spacial score (nSPS) is 17.1. The average Bonchev–Trinajstić information content (AvgIpc) is 2.96. The first kappa shape index (κ1) is 18.5. The van der Waals surface area contributed by atoms with E-state index in [4.69, 9.17) is 0 Å². The summed E-state index contributed by atoms with van der Waals surface area (Å²) in [6, 6.07) is 9.77. The van der Waals surface area contributed by atoms with E-state index in [0.29, 0.717) is 25.1 Å². The van der Waals surface area contributed by atoms with Gasteiger partial charge in [0.15, 0.2) is 0 Å². The fraction of sp³-hybridized carbons (Fsp3) is 0.350. The van der Waals surface area contributed by atoms with Crippen LogP contribution < -0.4 is 5.32 Å². The molecule has 1 fully saturated rings. The van der Waals surface area contributed by atoms with Gasteiger partial charge in [-0.1, -0.05) is 18.2 Å². The third kappa shape index (κ3) is 4.64. The molecule has 1 aliphatic rings. The summed E-state index contributed by atoms with van der Waals surface area (Å²) in [4.78, 5) is 13.8. The van der Waals surface area contributed by atoms with Crippen LogP contribution in [0.2, 0.25) is 0 Å². The van der Waals surface area contributed by atoms with Crippen LogP contribution in [0.25, 0.3) is 0 Å². The van der Waals surface area contributed by atoms with Gasteiger partial charge >= 0.3 is 0 Å². The van der Waals surface area contributed by atoms with Crippen molar-refractivity contribution in [3.05, 3.63) is 71.0 Å². The Morgan fingerprint density at radius 3 is 2.50 bits per heavy atom. The Morgan fingerprint density at radius 1 is 1.04 bits per heavy atom. The van der Waals surface area contributed by atoms with Gasteiger partial charge in [-0.2, -0.15) is 0 Å². The van der Waals surface area contributed by atoms with Crippen LogP contribution in [0, 0.1) is 17.5 Å². The van der Waals surface area contributed by atoms with E-state index in [1.165, 1.54) is 24.3 Å². The van der Waals surface area contributed by atoms with Gasteiger partial charge in [-0.15, -0.1) is 0 Å². The van der Waals surface area contributed by atoms with E-state index in [2.05, 4.69) is 5.32 Å². The molecule has 1 aliphatic heterocycles. The first-order valence-electron chi connectivity index (χ1n) is 8.71. The van der Waals surface area contributed by atoms with E-state index >= 15 is 0 Å². The number of carbonyl (C=O) groups is 1. The molecule has 0 radical (unpaired) electrons. The molecule has 2 aromatic rings. The van der Waals surface area contributed by atoms with Crippen molar-refractivity contribution in [3.63, 3.8) is 0 Å². The second kappa shape index (κ2) is 8.36. The SMILES string of the molecule is O=C1CC[C@@H](CCNCc2ccc(F)cc2)N1Cc1ccc(F)cc1F. The fourth-order valence-electron chi connectivity index (χ4n) is 3.25. The van der Waals surface area contributed by atoms with Gasteiger partial charge in [0.2, 0.25) is 5.91 Å². The third-order valence-corrected chi connectivity index (χ3v) is 4.71. The minimum absolute atomic E-state index is 0.00254. The smallest absolute Gasteiger partial charge is 0.223 e. The topological polar surface area (TPSA) is 32.3 Å². The highest BCUT2D eigenvalue weighted by atomic mass is 19.1. The lowest BCUT2D eigenvalue weighted by Gasteiger charge is -2.25. The van der Waals surface area contributed by atoms with E-state index in [1.54, 1.807) is 17.0 Å². The Labute approximate surface area is 150 Å². The lowest BCUT2D eigenvalue weighted by atomic mass is 10.1. The molecule has 0 aliphatic carbocycles. The molecule has 0 bridgehead atoms. The van der Waals surface area contributed by atoms with Gasteiger partial charge in [0, 0.05) is 37.2 Å². The highest BCUT2D eigenvalue weighted by Crippen LogP contribution is 2.24. The summed E-state index contributed by atoms with van der Waals surface area (Å²) in [6.45, 7) is 1.47. The molecule has 0 saturated carbocycles. The van der Waals surface area contributed by atoms with Crippen LogP contribution in [0.15, 0.2) is 42.5 Å². The van der Waals surface area contributed by atoms with Crippen molar-refractivity contribution >= 4 is 5.91 Å². The number of hydrogen-bond acceptors (Lipinski definition) is 2. The van der Waals surface area contributed by atoms with E-state index in [9.17, 15) is 18.0 Å². The zero-order valence-electron chi connectivity index (χ0n) is 14.4. The maximum absolute atomic E-state index is 13.9. The van der Waals surface area contributed by atoms with Gasteiger partial charge in [0.05, 0.1) is 0 Å². The maximum Gasteiger partial charge on any atom is 0.223 e. The highest BCUT2D eigenvalue weighted by molar-refractivity contribution is 5.78. The number of hydrogen-bond donors (Lipinski definition) is 1. The van der Waals surface area contributed by atoms with Gasteiger partial charge in [0.1, 0.15) is 17.5 Å². The van der Waals surface area contributed by atoms with Crippen molar-refractivity contribution in [3.8, 4) is 0 Å². The second-order valence-electron chi connectivity index (χ2n) is 6.54. The van der Waals surface area contributed by atoms with Crippen LogP contribution in [0.4, 0.5) is 13.2 Å². The molecule has 1 atom stereocenters. The van der Waals surface area contributed by atoms with Crippen molar-refractivity contribution < 1.29 is 18.0 Å². The summed E-state index contributed by atoms with van der Waals surface area (Å²) in [5.74, 6) is -1.52. The largest absolute Gasteiger partial charge is 0.335 e. The van der Waals surface area contributed by atoms with Crippen molar-refractivity contribution in [1.29, 1.82) is 0 Å². The molecule has 3 nitrogen and oxygen atoms in total. The monoisotopic (exact) mass is 362 g/mol. The minimum Gasteiger partial charge on any atom is -0.335 e. The number of amides is 1. The van der Waals surface area contributed by atoms with Crippen LogP contribution in [0.5, 0.6) is 0 Å². The Balaban J connectivity index is 1.51. The molecule has 138 valence electrons. The molecule has 2 aromatic carbocycles. The molecule has 1 heterocycles. The van der Waals surface area contributed by atoms with Gasteiger partial charge in [-0.05, 0) is 43.1 Å². The number of benzene rings is 2. The van der Waals surface area contributed by atoms with Crippen molar-refractivity contribution in [2.75, 3.05) is 6.54 Å². The molecule has 1 saturated heterocycles. The number of halogens is 3. The highest BCUT2D eigenvalue weighted by Gasteiger charge is 2.30. The van der Waals surface area contributed by atoms with Crippen LogP contribution >= 0.6 is 0 Å². The van der Waals surface area contributed by atoms with Gasteiger partial charge in [-0.25, -0.2) is 13.2 Å². The molecule has 1 amide bonds. The van der Waals surface area contributed by atoms with Crippen LogP contribution in [-0.4, -0.2) is 23.4 Å². The number of nitrogens with zero attached hydrogens (tertiary/aromatic N) is 1. The lowest BCUT2D eigenvalue weighted by molar-refractivity contribution is -0.129. The van der Waals surface area contributed by atoms with E-state index in [0.717, 1.165) is 24.5 Å². The van der Waals surface area contributed by atoms with Crippen LogP contribution in [0.3, 0.4) is 0 Å². The standard InChI is InChI=1S/C20H21F3N2O/c21-16-4-1-14(2-5-16)12-24-10-9-18-7-8-20(26)25(18)13-15-3-6-17(22)11-19(15)23/h1-6,11,18,24H,7-10,12-13H2/t18-/m0/s1. The Bertz CT molecular complexity index is 764. The third-order valence-electron chi connectivity index (χ3n) is 4.71. The van der Waals surface area contributed by atoms with Crippen molar-refractivity contribution in [2.24, 2.45) is 0 Å². The van der Waals surface area contributed by atoms with E-state index in [-0.39, 0.29) is 24.3 Å². The van der Waals surface area contributed by atoms with E-state index < -0.39 is 11.6 Å². The maximum atomic E-state index is 13.9. The molecule has 3 rings (SSSR count). The first-order valence-corrected chi connectivity index (χ1v) is 8.71. The first-order chi connectivity index (χ1) is 12.5. The van der Waals surface area contributed by atoms with Gasteiger partial charge < -0.3 is 10.2 Å². The van der Waals surface area contributed by atoms with Crippen molar-refractivity contribution in [1.82, 2.24) is 10.2 Å². The molecule has 0 spiro atoms. The predicted octanol–water partition coefficient (Wildman–Crippen LogP) is 3.77. The molecular weight excluding hydrogens is 341 g/mol. The summed E-state index contributed by atoms with van der Waals surface area (Å²) in [5.41, 5.74) is 1.31. The van der Waals surface area contributed by atoms with E-state index in [1.807, 2.05) is 0 Å². The minimum atomic E-state index is -0.627. The average molecular weight is 362 g/mol. The van der Waals surface area contributed by atoms with Gasteiger partial charge in [-0.3, -0.25) is 4.79 Å². The predicted molar refractivity (Wildman–Crippen MR) is 92.7 cm³/mol. The fourth-order valence-corrected chi connectivity index (χ4v) is 3.25. The lowest BCUT2D eigenvalue weighted by Crippen LogP contribution is -2.35. The van der Waals surface area contributed by atoms with Crippen molar-refractivity contribution in [2.45, 2.75) is 38.4 Å². The molecular formula is C20H21F3N2O. The summed E-state index contributed by atoms with van der Waals surface area (Å²) in [5, 5.41) is 3.28. The second-order valence-corrected chi connectivity index (χ2v) is 6.54. The number of nitrogens with one attached hydrogen (secondary N) is 1. The number of rotatable bonds is 7. The Kier molecular flexibility index (Phi) is 5.93. The zero-order chi connectivity index (χ0) is 18.5. The zero-order valence-corrected chi connectivity index (χ0v) is 14.4. The summed E-state index contributed by atoms with van der Waals surface area (Å²) in [6.07, 6.45) is 1.93. The Morgan fingerprint density at radius 2 is 1.77 bits per heavy atom. The molecule has 26 heavy (non-hydrogen) atoms. The van der Waals surface area contributed by atoms with Crippen LogP contribution in [0.1, 0.15) is 30.4 Å². The summed E-state index contributed by atoms with van der Waals surface area (Å²) >= 11 is 0. The van der Waals surface area contributed by atoms with Crippen LogP contribution in [-0.2, 0) is 17.9 Å². The molecule has 0 aromatic heterocycles. The quantitative estimate of drug-likeness (QED) is 0.761. The molecule has 0 unspecified atom stereocenters. The summed E-state index contributed by atoms with van der Waals surface area (Å²) < 4.78 is 39.8. The molecule has 1 N–H and O–H groups in total. The number of likely N-dealkylation sites (tertiary alicyclic amines) is 1. The summed E-state index contributed by atoms with van der Waals surface area (Å²) in [7, 11) is 0. The molecule has 6 heteroatoms. The van der Waals surface area contributed by atoms with Gasteiger partial charge in [0.25, 0.3) is 0 Å². The number of carbonyl (C=O) groups excluding carboxylic acids is 1. The Hall–Kier alpha value is -2.34.